The Labute approximate surface area is 140 Å². The standard InChI is InChI=1S/C16H14O9/c17-13(18)9-5-1-3-7(23-5)11(9)15(21)25-16(22)12-8-4-2-6(24-8)10(12)14(19)20/h1-12H,(H,17,18)(H,19,20). The zero-order valence-electron chi connectivity index (χ0n) is 12.7. The van der Waals surface area contributed by atoms with Crippen molar-refractivity contribution in [1.82, 2.24) is 0 Å². The first-order valence-electron chi connectivity index (χ1n) is 7.77. The van der Waals surface area contributed by atoms with Crippen molar-refractivity contribution in [1.29, 1.82) is 0 Å². The molecule has 4 bridgehead atoms. The third kappa shape index (κ3) is 2.30. The quantitative estimate of drug-likeness (QED) is 0.385. The van der Waals surface area contributed by atoms with E-state index in [0.717, 1.165) is 0 Å². The van der Waals surface area contributed by atoms with Crippen molar-refractivity contribution in [2.45, 2.75) is 24.4 Å². The van der Waals surface area contributed by atoms with Gasteiger partial charge in [0.05, 0.1) is 24.4 Å². The van der Waals surface area contributed by atoms with Gasteiger partial charge in [-0.05, 0) is 0 Å². The van der Waals surface area contributed by atoms with Gasteiger partial charge in [-0.25, -0.2) is 0 Å². The molecule has 0 radical (unpaired) electrons. The molecule has 9 nitrogen and oxygen atoms in total. The van der Waals surface area contributed by atoms with E-state index in [4.69, 9.17) is 14.2 Å². The lowest BCUT2D eigenvalue weighted by atomic mass is 9.82. The molecule has 2 fully saturated rings. The highest BCUT2D eigenvalue weighted by atomic mass is 16.6. The molecule has 9 heteroatoms. The van der Waals surface area contributed by atoms with E-state index in [2.05, 4.69) is 0 Å². The number of ether oxygens (including phenoxy) is 3. The van der Waals surface area contributed by atoms with Crippen molar-refractivity contribution in [2.75, 3.05) is 0 Å². The SMILES string of the molecule is O=C(O)C1C2C=CC(O2)C1C(=O)OC(=O)C1C2C=CC(O2)C1C(=O)O. The molecule has 0 spiro atoms. The van der Waals surface area contributed by atoms with Crippen LogP contribution in [0.4, 0.5) is 0 Å². The number of hydrogen-bond donors (Lipinski definition) is 2. The van der Waals surface area contributed by atoms with Crippen molar-refractivity contribution in [2.24, 2.45) is 23.7 Å². The zero-order chi connectivity index (χ0) is 17.9. The number of hydrogen-bond acceptors (Lipinski definition) is 7. The van der Waals surface area contributed by atoms with Crippen LogP contribution in [0.25, 0.3) is 0 Å². The van der Waals surface area contributed by atoms with Crippen LogP contribution in [0.3, 0.4) is 0 Å². The maximum Gasteiger partial charge on any atom is 0.320 e. The Balaban J connectivity index is 1.50. The largest absolute Gasteiger partial charge is 0.481 e. The topological polar surface area (TPSA) is 136 Å². The number of carbonyl (C=O) groups is 4. The molecule has 0 amide bonds. The molecule has 2 N–H and O–H groups in total. The molecule has 4 rings (SSSR count). The Hall–Kier alpha value is -2.52. The number of rotatable bonds is 4. The Bertz CT molecular complexity index is 663. The fourth-order valence-electron chi connectivity index (χ4n) is 4.00. The summed E-state index contributed by atoms with van der Waals surface area (Å²) >= 11 is 0. The van der Waals surface area contributed by atoms with E-state index in [1.165, 1.54) is 0 Å². The minimum absolute atomic E-state index is 0.740. The highest BCUT2D eigenvalue weighted by Crippen LogP contribution is 2.42. The van der Waals surface area contributed by atoms with Crippen LogP contribution in [0.5, 0.6) is 0 Å². The van der Waals surface area contributed by atoms with Crippen molar-refractivity contribution in [3.8, 4) is 0 Å². The summed E-state index contributed by atoms with van der Waals surface area (Å²) in [6, 6.07) is 0. The van der Waals surface area contributed by atoms with Gasteiger partial charge in [0.2, 0.25) is 0 Å². The summed E-state index contributed by atoms with van der Waals surface area (Å²) in [7, 11) is 0. The maximum atomic E-state index is 12.4. The van der Waals surface area contributed by atoms with Gasteiger partial charge in [0.15, 0.2) is 0 Å². The van der Waals surface area contributed by atoms with E-state index in [1.807, 2.05) is 0 Å². The summed E-state index contributed by atoms with van der Waals surface area (Å²) in [6.45, 7) is 0. The molecule has 0 aromatic rings. The van der Waals surface area contributed by atoms with E-state index in [1.54, 1.807) is 24.3 Å². The Morgan fingerprint density at radius 1 is 0.640 bits per heavy atom. The molecule has 8 atom stereocenters. The third-order valence-electron chi connectivity index (χ3n) is 5.11. The third-order valence-corrected chi connectivity index (χ3v) is 5.11. The highest BCUT2D eigenvalue weighted by Gasteiger charge is 2.57. The number of fused-ring (bicyclic) bond motifs is 4. The first-order valence-corrected chi connectivity index (χ1v) is 7.77. The van der Waals surface area contributed by atoms with Crippen molar-refractivity contribution >= 4 is 23.9 Å². The molecule has 4 heterocycles. The normalized spacial score (nSPS) is 42.7. The molecule has 4 aliphatic heterocycles. The average molecular weight is 350 g/mol. The van der Waals surface area contributed by atoms with Crippen LogP contribution < -0.4 is 0 Å². The summed E-state index contributed by atoms with van der Waals surface area (Å²) in [6.07, 6.45) is 3.23. The number of carboxylic acid groups (broad SMARTS) is 2. The van der Waals surface area contributed by atoms with Gasteiger partial charge in [-0.15, -0.1) is 0 Å². The summed E-state index contributed by atoms with van der Waals surface area (Å²) in [5, 5.41) is 18.6. The lowest BCUT2D eigenvalue weighted by Gasteiger charge is -2.23. The molecule has 0 saturated carbocycles. The van der Waals surface area contributed by atoms with E-state index < -0.39 is 72.0 Å². The zero-order valence-corrected chi connectivity index (χ0v) is 12.7. The van der Waals surface area contributed by atoms with Crippen molar-refractivity contribution in [3.05, 3.63) is 24.3 Å². The van der Waals surface area contributed by atoms with Crippen molar-refractivity contribution < 1.29 is 43.6 Å². The monoisotopic (exact) mass is 350 g/mol. The molecular formula is C16H14O9. The second-order valence-electron chi connectivity index (χ2n) is 6.42. The van der Waals surface area contributed by atoms with Crippen LogP contribution in [-0.2, 0) is 33.4 Å². The van der Waals surface area contributed by atoms with Gasteiger partial charge in [-0.2, -0.15) is 0 Å². The molecular weight excluding hydrogens is 336 g/mol. The minimum atomic E-state index is -1.22. The number of carbonyl (C=O) groups excluding carboxylic acids is 2. The fourth-order valence-corrected chi connectivity index (χ4v) is 4.00. The number of esters is 2. The molecule has 25 heavy (non-hydrogen) atoms. The second kappa shape index (κ2) is 5.50. The van der Waals surface area contributed by atoms with Crippen LogP contribution >= 0.6 is 0 Å². The van der Waals surface area contributed by atoms with Gasteiger partial charge >= 0.3 is 23.9 Å². The Kier molecular flexibility index (Phi) is 3.51. The maximum absolute atomic E-state index is 12.4. The van der Waals surface area contributed by atoms with Gasteiger partial charge in [0.1, 0.15) is 23.7 Å². The van der Waals surface area contributed by atoms with E-state index in [0.29, 0.717) is 0 Å². The molecule has 0 aliphatic carbocycles. The predicted octanol–water partition coefficient (Wildman–Crippen LogP) is -0.635. The molecule has 132 valence electrons. The van der Waals surface area contributed by atoms with Gasteiger partial charge in [0.25, 0.3) is 0 Å². The summed E-state index contributed by atoms with van der Waals surface area (Å²) < 4.78 is 15.6. The molecule has 2 saturated heterocycles. The van der Waals surface area contributed by atoms with Gasteiger partial charge < -0.3 is 24.4 Å². The smallest absolute Gasteiger partial charge is 0.320 e. The van der Waals surface area contributed by atoms with E-state index >= 15 is 0 Å². The lowest BCUT2D eigenvalue weighted by molar-refractivity contribution is -0.171. The first kappa shape index (κ1) is 16.0. The number of carboxylic acids is 2. The van der Waals surface area contributed by atoms with Crippen LogP contribution in [0.1, 0.15) is 0 Å². The highest BCUT2D eigenvalue weighted by molar-refractivity contribution is 5.94. The fraction of sp³-hybridized carbons (Fsp3) is 0.500. The van der Waals surface area contributed by atoms with Crippen LogP contribution in [0, 0.1) is 23.7 Å². The van der Waals surface area contributed by atoms with Gasteiger partial charge in [-0.1, -0.05) is 24.3 Å². The summed E-state index contributed by atoms with van der Waals surface area (Å²) in [5.74, 6) is -9.05. The van der Waals surface area contributed by atoms with Crippen molar-refractivity contribution in [3.63, 3.8) is 0 Å². The molecule has 0 aromatic heterocycles. The summed E-state index contributed by atoms with van der Waals surface area (Å²) in [4.78, 5) is 47.5. The minimum Gasteiger partial charge on any atom is -0.481 e. The van der Waals surface area contributed by atoms with Gasteiger partial charge in [0, 0.05) is 0 Å². The van der Waals surface area contributed by atoms with Crippen LogP contribution in [0.2, 0.25) is 0 Å². The van der Waals surface area contributed by atoms with Crippen LogP contribution in [-0.4, -0.2) is 58.5 Å². The average Bonchev–Trinajstić information content (AvgIpc) is 3.31. The Morgan fingerprint density at radius 2 is 0.960 bits per heavy atom. The Morgan fingerprint density at radius 3 is 1.28 bits per heavy atom. The molecule has 4 aliphatic rings. The second-order valence-corrected chi connectivity index (χ2v) is 6.42. The number of aliphatic carboxylic acids is 2. The molecule has 8 unspecified atom stereocenters. The molecule has 0 aromatic carbocycles. The van der Waals surface area contributed by atoms with E-state index in [-0.39, 0.29) is 0 Å². The first-order chi connectivity index (χ1) is 11.9. The van der Waals surface area contributed by atoms with E-state index in [9.17, 15) is 29.4 Å². The van der Waals surface area contributed by atoms with Gasteiger partial charge in [-0.3, -0.25) is 19.2 Å². The summed E-state index contributed by atoms with van der Waals surface area (Å²) in [5.41, 5.74) is 0. The van der Waals surface area contributed by atoms with Crippen LogP contribution in [0.15, 0.2) is 24.3 Å². The predicted molar refractivity (Wildman–Crippen MR) is 75.9 cm³/mol. The lowest BCUT2D eigenvalue weighted by Crippen LogP contribution is -2.42.